The van der Waals surface area contributed by atoms with E-state index < -0.39 is 0 Å². The van der Waals surface area contributed by atoms with Gasteiger partial charge < -0.3 is 0 Å². The molecule has 0 spiro atoms. The van der Waals surface area contributed by atoms with E-state index in [1.54, 1.807) is 36.5 Å². The Balaban J connectivity index is 1.75. The number of benzene rings is 1. The van der Waals surface area contributed by atoms with Gasteiger partial charge in [-0.1, -0.05) is 23.2 Å². The molecule has 0 radical (unpaired) electrons. The first-order valence-electron chi connectivity index (χ1n) is 7.46. The standard InChI is InChI=1S/C17H16Cl2N2OS/c1-10(13-9-12(18)6-7-14(13)19)20-21-17(22)16-8-11-4-2-3-5-15(11)23-16/h6-9H,2-5H2,1H3,(H,21,22)/b20-10-. The molecule has 0 unspecified atom stereocenters. The molecule has 1 amide bonds. The zero-order valence-electron chi connectivity index (χ0n) is 12.7. The van der Waals surface area contributed by atoms with Crippen molar-refractivity contribution in [1.29, 1.82) is 0 Å². The summed E-state index contributed by atoms with van der Waals surface area (Å²) in [5.74, 6) is -0.179. The number of fused-ring (bicyclic) bond motifs is 1. The lowest BCUT2D eigenvalue weighted by Gasteiger charge is -2.08. The van der Waals surface area contributed by atoms with Gasteiger partial charge in [0.25, 0.3) is 5.91 Å². The van der Waals surface area contributed by atoms with E-state index in [0.29, 0.717) is 26.2 Å². The summed E-state index contributed by atoms with van der Waals surface area (Å²) in [6.07, 6.45) is 4.56. The van der Waals surface area contributed by atoms with Crippen LogP contribution in [0.3, 0.4) is 0 Å². The molecule has 6 heteroatoms. The van der Waals surface area contributed by atoms with Gasteiger partial charge in [-0.2, -0.15) is 5.10 Å². The number of nitrogens with one attached hydrogen (secondary N) is 1. The average molecular weight is 367 g/mol. The average Bonchev–Trinajstić information content (AvgIpc) is 2.98. The van der Waals surface area contributed by atoms with Crippen LogP contribution >= 0.6 is 34.5 Å². The highest BCUT2D eigenvalue weighted by Crippen LogP contribution is 2.29. The van der Waals surface area contributed by atoms with Gasteiger partial charge in [-0.3, -0.25) is 4.79 Å². The van der Waals surface area contributed by atoms with Crippen LogP contribution in [0.1, 0.15) is 45.4 Å². The van der Waals surface area contributed by atoms with Crippen molar-refractivity contribution < 1.29 is 4.79 Å². The molecule has 1 aromatic heterocycles. The Labute approximate surface area is 149 Å². The van der Waals surface area contributed by atoms with Gasteiger partial charge in [-0.05, 0) is 62.4 Å². The highest BCUT2D eigenvalue weighted by molar-refractivity contribution is 7.14. The second-order valence-electron chi connectivity index (χ2n) is 5.53. The minimum absolute atomic E-state index is 0.179. The molecule has 1 heterocycles. The molecule has 2 aromatic rings. The zero-order valence-corrected chi connectivity index (χ0v) is 15.0. The fourth-order valence-corrected chi connectivity index (χ4v) is 4.20. The maximum atomic E-state index is 12.3. The number of hydrogen-bond donors (Lipinski definition) is 1. The van der Waals surface area contributed by atoms with Crippen molar-refractivity contribution in [3.05, 3.63) is 55.2 Å². The van der Waals surface area contributed by atoms with Crippen molar-refractivity contribution in [2.45, 2.75) is 32.6 Å². The van der Waals surface area contributed by atoms with Gasteiger partial charge in [0.2, 0.25) is 0 Å². The maximum Gasteiger partial charge on any atom is 0.281 e. The van der Waals surface area contributed by atoms with Crippen LogP contribution < -0.4 is 5.43 Å². The smallest absolute Gasteiger partial charge is 0.266 e. The first-order valence-corrected chi connectivity index (χ1v) is 9.03. The van der Waals surface area contributed by atoms with Crippen molar-refractivity contribution in [2.75, 3.05) is 0 Å². The predicted molar refractivity (Wildman–Crippen MR) is 97.1 cm³/mol. The third kappa shape index (κ3) is 3.77. The normalized spacial score (nSPS) is 14.5. The Morgan fingerprint density at radius 2 is 2.00 bits per heavy atom. The zero-order chi connectivity index (χ0) is 16.4. The topological polar surface area (TPSA) is 41.5 Å². The van der Waals surface area contributed by atoms with Crippen molar-refractivity contribution in [3.63, 3.8) is 0 Å². The van der Waals surface area contributed by atoms with Gasteiger partial charge in [0.1, 0.15) is 0 Å². The third-order valence-electron chi connectivity index (χ3n) is 3.86. The number of amides is 1. The number of aryl methyl sites for hydroxylation is 2. The van der Waals surface area contributed by atoms with Crippen LogP contribution in [0.5, 0.6) is 0 Å². The molecule has 120 valence electrons. The van der Waals surface area contributed by atoms with Gasteiger partial charge in [0.05, 0.1) is 10.6 Å². The molecule has 23 heavy (non-hydrogen) atoms. The van der Waals surface area contributed by atoms with Crippen LogP contribution in [0.15, 0.2) is 29.4 Å². The lowest BCUT2D eigenvalue weighted by atomic mass is 9.99. The molecule has 0 atom stereocenters. The first-order chi connectivity index (χ1) is 11.0. The van der Waals surface area contributed by atoms with Crippen LogP contribution in [0.4, 0.5) is 0 Å². The Morgan fingerprint density at radius 1 is 1.22 bits per heavy atom. The van der Waals surface area contributed by atoms with E-state index in [1.165, 1.54) is 23.3 Å². The summed E-state index contributed by atoms with van der Waals surface area (Å²) in [6.45, 7) is 1.79. The molecule has 0 bridgehead atoms. The largest absolute Gasteiger partial charge is 0.281 e. The van der Waals surface area contributed by atoms with Gasteiger partial charge in [0.15, 0.2) is 0 Å². The SMILES string of the molecule is C/C(=N/NC(=O)c1cc2c(s1)CCCC2)c1cc(Cl)ccc1Cl. The molecule has 0 aliphatic heterocycles. The summed E-state index contributed by atoms with van der Waals surface area (Å²) >= 11 is 13.7. The second-order valence-corrected chi connectivity index (χ2v) is 7.51. The van der Waals surface area contributed by atoms with E-state index in [0.717, 1.165) is 12.8 Å². The van der Waals surface area contributed by atoms with Gasteiger partial charge >= 0.3 is 0 Å². The van der Waals surface area contributed by atoms with Gasteiger partial charge in [-0.15, -0.1) is 11.3 Å². The van der Waals surface area contributed by atoms with Crippen molar-refractivity contribution in [1.82, 2.24) is 5.43 Å². The van der Waals surface area contributed by atoms with E-state index in [-0.39, 0.29) is 5.91 Å². The predicted octanol–water partition coefficient (Wildman–Crippen LogP) is 5.09. The van der Waals surface area contributed by atoms with E-state index in [2.05, 4.69) is 10.5 Å². The highest BCUT2D eigenvalue weighted by Gasteiger charge is 2.17. The summed E-state index contributed by atoms with van der Waals surface area (Å²) < 4.78 is 0. The summed E-state index contributed by atoms with van der Waals surface area (Å²) in [5, 5.41) is 5.29. The molecule has 0 fully saturated rings. The summed E-state index contributed by atoms with van der Waals surface area (Å²) in [7, 11) is 0. The number of hydrogen-bond acceptors (Lipinski definition) is 3. The molecule has 3 rings (SSSR count). The Hall–Kier alpha value is -1.36. The summed E-state index contributed by atoms with van der Waals surface area (Å²) in [6, 6.07) is 7.16. The fraction of sp³-hybridized carbons (Fsp3) is 0.294. The fourth-order valence-electron chi connectivity index (χ4n) is 2.63. The van der Waals surface area contributed by atoms with E-state index in [9.17, 15) is 4.79 Å². The van der Waals surface area contributed by atoms with Gasteiger partial charge in [-0.25, -0.2) is 5.43 Å². The molecular weight excluding hydrogens is 351 g/mol. The van der Waals surface area contributed by atoms with Crippen LogP contribution in [-0.4, -0.2) is 11.6 Å². The third-order valence-corrected chi connectivity index (χ3v) is 5.66. The number of carbonyl (C=O) groups is 1. The quantitative estimate of drug-likeness (QED) is 0.596. The van der Waals surface area contributed by atoms with Crippen LogP contribution in [0, 0.1) is 0 Å². The van der Waals surface area contributed by atoms with Crippen molar-refractivity contribution in [3.8, 4) is 0 Å². The number of nitrogens with zero attached hydrogens (tertiary/aromatic N) is 1. The number of rotatable bonds is 3. The molecular formula is C17H16Cl2N2OS. The number of halogens is 2. The van der Waals surface area contributed by atoms with Crippen LogP contribution in [-0.2, 0) is 12.8 Å². The minimum Gasteiger partial charge on any atom is -0.266 e. The first kappa shape index (κ1) is 16.5. The highest BCUT2D eigenvalue weighted by atomic mass is 35.5. The van der Waals surface area contributed by atoms with Crippen molar-refractivity contribution >= 4 is 46.2 Å². The molecule has 1 aromatic carbocycles. The molecule has 1 aliphatic rings. The minimum atomic E-state index is -0.179. The lowest BCUT2D eigenvalue weighted by Crippen LogP contribution is -2.18. The lowest BCUT2D eigenvalue weighted by molar-refractivity contribution is 0.0959. The monoisotopic (exact) mass is 366 g/mol. The number of carbonyl (C=O) groups excluding carboxylic acids is 1. The molecule has 1 aliphatic carbocycles. The molecule has 1 N–H and O–H groups in total. The van der Waals surface area contributed by atoms with E-state index in [1.807, 2.05) is 6.07 Å². The number of thiophene rings is 1. The van der Waals surface area contributed by atoms with Gasteiger partial charge in [0, 0.05) is 20.5 Å². The number of hydrazone groups is 1. The Bertz CT molecular complexity index is 759. The summed E-state index contributed by atoms with van der Waals surface area (Å²) in [4.78, 5) is 14.3. The molecule has 3 nitrogen and oxygen atoms in total. The van der Waals surface area contributed by atoms with E-state index >= 15 is 0 Å². The van der Waals surface area contributed by atoms with Crippen LogP contribution in [0.25, 0.3) is 0 Å². The van der Waals surface area contributed by atoms with Crippen molar-refractivity contribution in [2.24, 2.45) is 5.10 Å². The second kappa shape index (κ2) is 7.04. The maximum absolute atomic E-state index is 12.3. The summed E-state index contributed by atoms with van der Waals surface area (Å²) in [5.41, 5.74) is 5.25. The molecule has 0 saturated heterocycles. The molecule has 0 saturated carbocycles. The Kier molecular flexibility index (Phi) is 5.05. The van der Waals surface area contributed by atoms with Crippen LogP contribution in [0.2, 0.25) is 10.0 Å². The van der Waals surface area contributed by atoms with E-state index in [4.69, 9.17) is 23.2 Å². The Morgan fingerprint density at radius 3 is 2.78 bits per heavy atom.